The Bertz CT molecular complexity index is 917. The molecule has 1 saturated heterocycles. The quantitative estimate of drug-likeness (QED) is 0.496. The van der Waals surface area contributed by atoms with E-state index in [0.29, 0.717) is 36.8 Å². The van der Waals surface area contributed by atoms with E-state index < -0.39 is 4.92 Å². The first-order valence-corrected chi connectivity index (χ1v) is 10.1. The fourth-order valence-electron chi connectivity index (χ4n) is 3.55. The van der Waals surface area contributed by atoms with E-state index >= 15 is 0 Å². The number of benzene rings is 2. The molecule has 1 fully saturated rings. The minimum absolute atomic E-state index is 0.0254. The number of rotatable bonds is 9. The maximum Gasteiger partial charge on any atom is 0.271 e. The minimum Gasteiger partial charge on any atom is -0.493 e. The van der Waals surface area contributed by atoms with Crippen LogP contribution in [0.1, 0.15) is 38.3 Å². The first-order chi connectivity index (χ1) is 14.4. The maximum absolute atomic E-state index is 12.9. The SMILES string of the molecule is CCCOc1ccc(C(C)NC2CCN(c3cccc([N+](=O)[O-])c3)C2=O)cc1OC. The van der Waals surface area contributed by atoms with E-state index in [4.69, 9.17) is 9.47 Å². The van der Waals surface area contributed by atoms with Gasteiger partial charge in [-0.15, -0.1) is 0 Å². The van der Waals surface area contributed by atoms with Crippen LogP contribution in [0.2, 0.25) is 0 Å². The molecule has 0 aromatic heterocycles. The zero-order valence-electron chi connectivity index (χ0n) is 17.5. The van der Waals surface area contributed by atoms with Crippen molar-refractivity contribution in [3.63, 3.8) is 0 Å². The number of anilines is 1. The second-order valence-corrected chi connectivity index (χ2v) is 7.26. The summed E-state index contributed by atoms with van der Waals surface area (Å²) in [7, 11) is 1.60. The summed E-state index contributed by atoms with van der Waals surface area (Å²) in [6, 6.07) is 11.5. The third-order valence-electron chi connectivity index (χ3n) is 5.16. The maximum atomic E-state index is 12.9. The molecular weight excluding hydrogens is 386 g/mol. The zero-order valence-corrected chi connectivity index (χ0v) is 17.5. The van der Waals surface area contributed by atoms with E-state index in [2.05, 4.69) is 5.32 Å². The molecule has 8 heteroatoms. The van der Waals surface area contributed by atoms with Crippen molar-refractivity contribution in [2.45, 2.75) is 38.8 Å². The molecule has 0 radical (unpaired) electrons. The van der Waals surface area contributed by atoms with E-state index in [1.807, 2.05) is 32.0 Å². The number of amides is 1. The number of non-ortho nitro benzene ring substituents is 1. The van der Waals surface area contributed by atoms with Gasteiger partial charge in [-0.3, -0.25) is 20.2 Å². The summed E-state index contributed by atoms with van der Waals surface area (Å²) in [5.74, 6) is 1.27. The van der Waals surface area contributed by atoms with Crippen molar-refractivity contribution >= 4 is 17.3 Å². The molecule has 1 aliphatic rings. The normalized spacial score (nSPS) is 17.1. The molecule has 0 saturated carbocycles. The molecule has 2 atom stereocenters. The summed E-state index contributed by atoms with van der Waals surface area (Å²) in [6.07, 6.45) is 1.54. The number of methoxy groups -OCH3 is 1. The van der Waals surface area contributed by atoms with Gasteiger partial charge in [0.15, 0.2) is 11.5 Å². The van der Waals surface area contributed by atoms with E-state index in [0.717, 1.165) is 12.0 Å². The molecule has 2 aromatic rings. The highest BCUT2D eigenvalue weighted by Crippen LogP contribution is 2.31. The number of hydrogen-bond acceptors (Lipinski definition) is 6. The molecule has 0 aliphatic carbocycles. The van der Waals surface area contributed by atoms with Crippen LogP contribution in [0.25, 0.3) is 0 Å². The van der Waals surface area contributed by atoms with Gasteiger partial charge in [0.2, 0.25) is 5.91 Å². The van der Waals surface area contributed by atoms with Crippen LogP contribution in [0.3, 0.4) is 0 Å². The van der Waals surface area contributed by atoms with Gasteiger partial charge in [-0.05, 0) is 43.5 Å². The highest BCUT2D eigenvalue weighted by Gasteiger charge is 2.34. The Morgan fingerprint density at radius 2 is 2.07 bits per heavy atom. The first-order valence-electron chi connectivity index (χ1n) is 10.1. The molecule has 1 N–H and O–H groups in total. The highest BCUT2D eigenvalue weighted by atomic mass is 16.6. The molecule has 1 amide bonds. The third-order valence-corrected chi connectivity index (χ3v) is 5.16. The molecule has 8 nitrogen and oxygen atoms in total. The topological polar surface area (TPSA) is 93.9 Å². The van der Waals surface area contributed by atoms with Crippen LogP contribution in [0.15, 0.2) is 42.5 Å². The Morgan fingerprint density at radius 3 is 2.77 bits per heavy atom. The van der Waals surface area contributed by atoms with Crippen LogP contribution in [0.5, 0.6) is 11.5 Å². The molecule has 3 rings (SSSR count). The smallest absolute Gasteiger partial charge is 0.271 e. The molecule has 2 aromatic carbocycles. The summed E-state index contributed by atoms with van der Waals surface area (Å²) in [5.41, 5.74) is 1.50. The van der Waals surface area contributed by atoms with Crippen LogP contribution in [-0.2, 0) is 4.79 Å². The summed E-state index contributed by atoms with van der Waals surface area (Å²) in [5, 5.41) is 14.4. The van der Waals surface area contributed by atoms with Crippen molar-refractivity contribution in [2.75, 3.05) is 25.2 Å². The molecule has 1 heterocycles. The van der Waals surface area contributed by atoms with Gasteiger partial charge in [0.05, 0.1) is 30.4 Å². The van der Waals surface area contributed by atoms with Gasteiger partial charge < -0.3 is 14.4 Å². The average Bonchev–Trinajstić information content (AvgIpc) is 3.12. The monoisotopic (exact) mass is 413 g/mol. The van der Waals surface area contributed by atoms with Gasteiger partial charge >= 0.3 is 0 Å². The number of carbonyl (C=O) groups is 1. The van der Waals surface area contributed by atoms with E-state index in [9.17, 15) is 14.9 Å². The molecule has 1 aliphatic heterocycles. The lowest BCUT2D eigenvalue weighted by Crippen LogP contribution is -2.39. The van der Waals surface area contributed by atoms with E-state index in [1.54, 1.807) is 24.1 Å². The van der Waals surface area contributed by atoms with Crippen molar-refractivity contribution in [1.82, 2.24) is 5.32 Å². The fourth-order valence-corrected chi connectivity index (χ4v) is 3.55. The first kappa shape index (κ1) is 21.6. The number of nitrogens with one attached hydrogen (secondary N) is 1. The molecule has 160 valence electrons. The molecule has 0 bridgehead atoms. The van der Waals surface area contributed by atoms with Crippen molar-refractivity contribution in [2.24, 2.45) is 0 Å². The van der Waals surface area contributed by atoms with Crippen molar-refractivity contribution in [3.05, 3.63) is 58.1 Å². The Kier molecular flexibility index (Phi) is 6.89. The van der Waals surface area contributed by atoms with Gasteiger partial charge in [-0.1, -0.05) is 19.1 Å². The van der Waals surface area contributed by atoms with E-state index in [-0.39, 0.29) is 23.7 Å². The van der Waals surface area contributed by atoms with Crippen molar-refractivity contribution in [1.29, 1.82) is 0 Å². The lowest BCUT2D eigenvalue weighted by Gasteiger charge is -2.21. The highest BCUT2D eigenvalue weighted by molar-refractivity contribution is 5.99. The standard InChI is InChI=1S/C22H27N3O5/c1-4-12-30-20-9-8-16(13-21(20)29-3)15(2)23-19-10-11-24(22(19)26)17-6-5-7-18(14-17)25(27)28/h5-9,13-15,19,23H,4,10-12H2,1-3H3. The van der Waals surface area contributed by atoms with Gasteiger partial charge in [-0.2, -0.15) is 0 Å². The van der Waals surface area contributed by atoms with Gasteiger partial charge in [0.25, 0.3) is 5.69 Å². The van der Waals surface area contributed by atoms with Gasteiger partial charge in [0, 0.05) is 24.7 Å². The predicted octanol–water partition coefficient (Wildman–Crippen LogP) is 3.85. The fraction of sp³-hybridized carbons (Fsp3) is 0.409. The predicted molar refractivity (Wildman–Crippen MR) is 114 cm³/mol. The second-order valence-electron chi connectivity index (χ2n) is 7.26. The summed E-state index contributed by atoms with van der Waals surface area (Å²) in [6.45, 7) is 5.16. The number of nitrogens with zero attached hydrogens (tertiary/aromatic N) is 2. The zero-order chi connectivity index (χ0) is 21.7. The third kappa shape index (κ3) is 4.71. The molecule has 30 heavy (non-hydrogen) atoms. The number of hydrogen-bond donors (Lipinski definition) is 1. The number of carbonyl (C=O) groups excluding carboxylic acids is 1. The van der Waals surface area contributed by atoms with Gasteiger partial charge in [0.1, 0.15) is 0 Å². The minimum atomic E-state index is -0.455. The largest absolute Gasteiger partial charge is 0.493 e. The average molecular weight is 413 g/mol. The van der Waals surface area contributed by atoms with Crippen LogP contribution in [0, 0.1) is 10.1 Å². The Hall–Kier alpha value is -3.13. The summed E-state index contributed by atoms with van der Waals surface area (Å²) in [4.78, 5) is 25.1. The van der Waals surface area contributed by atoms with Crippen LogP contribution in [0.4, 0.5) is 11.4 Å². The lowest BCUT2D eigenvalue weighted by atomic mass is 10.1. The lowest BCUT2D eigenvalue weighted by molar-refractivity contribution is -0.384. The number of ether oxygens (including phenoxy) is 2. The summed E-state index contributed by atoms with van der Waals surface area (Å²) >= 11 is 0. The Balaban J connectivity index is 1.69. The van der Waals surface area contributed by atoms with Crippen molar-refractivity contribution in [3.8, 4) is 11.5 Å². The van der Waals surface area contributed by atoms with Crippen LogP contribution < -0.4 is 19.7 Å². The molecule has 2 unspecified atom stereocenters. The van der Waals surface area contributed by atoms with E-state index in [1.165, 1.54) is 12.1 Å². The number of nitro benzene ring substituents is 1. The molecule has 0 spiro atoms. The summed E-state index contributed by atoms with van der Waals surface area (Å²) < 4.78 is 11.1. The number of nitro groups is 1. The van der Waals surface area contributed by atoms with Gasteiger partial charge in [-0.25, -0.2) is 0 Å². The Labute approximate surface area is 175 Å². The molecular formula is C22H27N3O5. The second kappa shape index (κ2) is 9.58. The Morgan fingerprint density at radius 1 is 1.27 bits per heavy atom. The van der Waals surface area contributed by atoms with Crippen molar-refractivity contribution < 1.29 is 19.2 Å². The van der Waals surface area contributed by atoms with Crippen LogP contribution >= 0.6 is 0 Å². The van der Waals surface area contributed by atoms with Crippen LogP contribution in [-0.4, -0.2) is 37.1 Å².